The molecule has 0 radical (unpaired) electrons. The third-order valence-corrected chi connectivity index (χ3v) is 8.34. The third-order valence-electron chi connectivity index (χ3n) is 8.34. The Morgan fingerprint density at radius 2 is 1.64 bits per heavy atom. The van der Waals surface area contributed by atoms with Crippen LogP contribution in [0.3, 0.4) is 0 Å². The van der Waals surface area contributed by atoms with Crippen molar-refractivity contribution in [3.8, 4) is 16.9 Å². The first-order valence-electron chi connectivity index (χ1n) is 13.8. The molecule has 2 aromatic carbocycles. The Hall–Kier alpha value is -3.70. The van der Waals surface area contributed by atoms with E-state index in [2.05, 4.69) is 24.7 Å². The van der Waals surface area contributed by atoms with Gasteiger partial charge in [0.15, 0.2) is 5.82 Å². The number of nitrogens with zero attached hydrogens (tertiary/aromatic N) is 3. The van der Waals surface area contributed by atoms with Crippen molar-refractivity contribution in [1.29, 1.82) is 0 Å². The van der Waals surface area contributed by atoms with E-state index in [1.54, 1.807) is 17.0 Å². The lowest BCUT2D eigenvalue weighted by atomic mass is 9.53. The van der Waals surface area contributed by atoms with Gasteiger partial charge in [0.05, 0.1) is 0 Å². The number of carbonyl (C=O) groups is 1. The van der Waals surface area contributed by atoms with Crippen molar-refractivity contribution in [2.75, 3.05) is 11.4 Å². The molecule has 7 nitrogen and oxygen atoms in total. The van der Waals surface area contributed by atoms with Crippen LogP contribution in [0.5, 0.6) is 5.75 Å². The van der Waals surface area contributed by atoms with Crippen molar-refractivity contribution >= 4 is 11.7 Å². The maximum Gasteiger partial charge on any atom is 0.471 e. The van der Waals surface area contributed by atoms with E-state index in [0.29, 0.717) is 50.8 Å². The highest BCUT2D eigenvalue weighted by Gasteiger charge is 2.53. The minimum Gasteiger partial charge on any atom is -0.435 e. The zero-order valence-electron chi connectivity index (χ0n) is 23.6. The molecule has 6 rings (SSSR count). The summed E-state index contributed by atoms with van der Waals surface area (Å²) in [6.07, 6.45) is -0.774. The Morgan fingerprint density at radius 3 is 2.19 bits per heavy atom. The van der Waals surface area contributed by atoms with Crippen LogP contribution >= 0.6 is 0 Å². The highest BCUT2D eigenvalue weighted by molar-refractivity contribution is 5.93. The predicted molar refractivity (Wildman–Crippen MR) is 145 cm³/mol. The maximum absolute atomic E-state index is 13.7. The summed E-state index contributed by atoms with van der Waals surface area (Å²) in [4.78, 5) is 19.1. The molecule has 3 aliphatic rings. The Bertz CT molecular complexity index is 1390. The quantitative estimate of drug-likeness (QED) is 0.282. The van der Waals surface area contributed by atoms with Gasteiger partial charge >= 0.3 is 24.7 Å². The van der Waals surface area contributed by atoms with Gasteiger partial charge < -0.3 is 14.6 Å². The fraction of sp³-hybridized carbons (Fsp3) is 0.500. The van der Waals surface area contributed by atoms with Crippen LogP contribution in [0.2, 0.25) is 0 Å². The summed E-state index contributed by atoms with van der Waals surface area (Å²) in [7, 11) is 0. The van der Waals surface area contributed by atoms with Gasteiger partial charge in [-0.3, -0.25) is 4.90 Å². The standard InChI is InChI=1S/C30H33F5N4O3/c1-27(2,3)37-26(40)39(21-6-4-5-20(17-21)19-7-9-22(10-8-19)41-25(31)32)18-28-11-14-29(15-12-28,16-13-28)23-36-24(42-38-23)30(33,34)35/h4-10,17,25H,11-16,18H2,1-3H3,(H,37,40). The van der Waals surface area contributed by atoms with Gasteiger partial charge in [0, 0.05) is 23.2 Å². The lowest BCUT2D eigenvalue weighted by molar-refractivity contribution is -0.159. The second kappa shape index (κ2) is 10.9. The Kier molecular flexibility index (Phi) is 7.69. The van der Waals surface area contributed by atoms with E-state index in [1.165, 1.54) is 12.1 Å². The molecule has 3 aliphatic carbocycles. The van der Waals surface area contributed by atoms with E-state index in [4.69, 9.17) is 0 Å². The lowest BCUT2D eigenvalue weighted by Crippen LogP contribution is -2.55. The molecule has 226 valence electrons. The number of hydrogen-bond acceptors (Lipinski definition) is 5. The van der Waals surface area contributed by atoms with E-state index < -0.39 is 29.6 Å². The Balaban J connectivity index is 1.38. The summed E-state index contributed by atoms with van der Waals surface area (Å²) in [5.74, 6) is -1.16. The first-order chi connectivity index (χ1) is 19.7. The maximum atomic E-state index is 13.7. The number of ether oxygens (including phenoxy) is 1. The number of alkyl halides is 5. The molecule has 2 amide bonds. The van der Waals surface area contributed by atoms with E-state index >= 15 is 0 Å². The second-order valence-electron chi connectivity index (χ2n) is 12.4. The van der Waals surface area contributed by atoms with Crippen molar-refractivity contribution in [1.82, 2.24) is 15.5 Å². The average molecular weight is 593 g/mol. The number of carbonyl (C=O) groups excluding carboxylic acids is 1. The molecule has 0 saturated heterocycles. The van der Waals surface area contributed by atoms with Gasteiger partial charge in [-0.2, -0.15) is 26.9 Å². The molecule has 12 heteroatoms. The van der Waals surface area contributed by atoms with Crippen LogP contribution < -0.4 is 15.0 Å². The summed E-state index contributed by atoms with van der Waals surface area (Å²) >= 11 is 0. The number of rotatable bonds is 7. The van der Waals surface area contributed by atoms with Gasteiger partial charge in [0.1, 0.15) is 5.75 Å². The predicted octanol–water partition coefficient (Wildman–Crippen LogP) is 7.96. The van der Waals surface area contributed by atoms with Crippen LogP contribution in [0.4, 0.5) is 32.4 Å². The average Bonchev–Trinajstić information content (AvgIpc) is 3.44. The molecule has 0 atom stereocenters. The number of anilines is 1. The van der Waals surface area contributed by atoms with Crippen LogP contribution in [0.15, 0.2) is 53.1 Å². The zero-order chi connectivity index (χ0) is 30.3. The van der Waals surface area contributed by atoms with Gasteiger partial charge in [-0.05, 0) is 100 Å². The molecule has 0 spiro atoms. The fourth-order valence-corrected chi connectivity index (χ4v) is 6.08. The molecule has 2 bridgehead atoms. The van der Waals surface area contributed by atoms with E-state index in [-0.39, 0.29) is 23.0 Å². The van der Waals surface area contributed by atoms with Crippen LogP contribution in [0.25, 0.3) is 11.1 Å². The van der Waals surface area contributed by atoms with E-state index in [1.807, 2.05) is 45.0 Å². The fourth-order valence-electron chi connectivity index (χ4n) is 6.08. The molecule has 42 heavy (non-hydrogen) atoms. The first kappa shape index (κ1) is 29.8. The van der Waals surface area contributed by atoms with Gasteiger partial charge in [-0.15, -0.1) is 0 Å². The zero-order valence-corrected chi connectivity index (χ0v) is 23.6. The first-order valence-corrected chi connectivity index (χ1v) is 13.8. The van der Waals surface area contributed by atoms with Crippen molar-refractivity contribution in [2.45, 2.75) is 83.0 Å². The Labute approximate surface area is 240 Å². The largest absolute Gasteiger partial charge is 0.471 e. The molecule has 0 aliphatic heterocycles. The third kappa shape index (κ3) is 6.37. The molecular formula is C30H33F5N4O3. The van der Waals surface area contributed by atoms with Gasteiger partial charge in [0.2, 0.25) is 0 Å². The van der Waals surface area contributed by atoms with Crippen molar-refractivity contribution < 1.29 is 36.0 Å². The number of urea groups is 1. The highest BCUT2D eigenvalue weighted by Crippen LogP contribution is 2.57. The van der Waals surface area contributed by atoms with Gasteiger partial charge in [-0.1, -0.05) is 29.4 Å². The number of hydrogen-bond donors (Lipinski definition) is 1. The summed E-state index contributed by atoms with van der Waals surface area (Å²) in [6.45, 7) is 3.21. The smallest absolute Gasteiger partial charge is 0.435 e. The SMILES string of the molecule is CC(C)(C)NC(=O)N(CC12CCC(c3noc(C(F)(F)F)n3)(CC1)CC2)c1cccc(-c2ccc(OC(F)F)cc2)c1. The number of fused-ring (bicyclic) bond motifs is 3. The number of benzene rings is 2. The normalized spacial score (nSPS) is 22.3. The summed E-state index contributed by atoms with van der Waals surface area (Å²) in [6, 6.07) is 13.5. The van der Waals surface area contributed by atoms with Crippen molar-refractivity contribution in [2.24, 2.45) is 5.41 Å². The minimum atomic E-state index is -4.69. The van der Waals surface area contributed by atoms with E-state index in [9.17, 15) is 26.7 Å². The molecule has 3 aromatic rings. The van der Waals surface area contributed by atoms with Crippen molar-refractivity contribution in [3.63, 3.8) is 0 Å². The second-order valence-corrected chi connectivity index (χ2v) is 12.4. The lowest BCUT2D eigenvalue weighted by Gasteiger charge is -2.53. The molecule has 3 fully saturated rings. The van der Waals surface area contributed by atoms with Crippen LogP contribution in [-0.4, -0.2) is 34.9 Å². The van der Waals surface area contributed by atoms with Gasteiger partial charge in [0.25, 0.3) is 0 Å². The molecule has 1 N–H and O–H groups in total. The number of halogens is 5. The molecule has 3 saturated carbocycles. The highest BCUT2D eigenvalue weighted by atomic mass is 19.4. The topological polar surface area (TPSA) is 80.5 Å². The van der Waals surface area contributed by atoms with E-state index in [0.717, 1.165) is 11.1 Å². The number of nitrogens with one attached hydrogen (secondary N) is 1. The number of amides is 2. The summed E-state index contributed by atoms with van der Waals surface area (Å²) in [5.41, 5.74) is 0.962. The van der Waals surface area contributed by atoms with Crippen LogP contribution in [0.1, 0.15) is 71.0 Å². The molecule has 0 unspecified atom stereocenters. The van der Waals surface area contributed by atoms with Gasteiger partial charge in [-0.25, -0.2) is 4.79 Å². The Morgan fingerprint density at radius 1 is 1.00 bits per heavy atom. The summed E-state index contributed by atoms with van der Waals surface area (Å²) < 4.78 is 73.4. The molecule has 1 heterocycles. The van der Waals surface area contributed by atoms with Crippen LogP contribution in [-0.2, 0) is 11.6 Å². The van der Waals surface area contributed by atoms with Crippen molar-refractivity contribution in [3.05, 3.63) is 60.2 Å². The summed E-state index contributed by atoms with van der Waals surface area (Å²) in [5, 5.41) is 6.76. The van der Waals surface area contributed by atoms with Crippen LogP contribution in [0, 0.1) is 5.41 Å². The minimum absolute atomic E-state index is 0.0521. The molecule has 1 aromatic heterocycles. The molecular weight excluding hydrogens is 559 g/mol. The number of aromatic nitrogens is 2. The monoisotopic (exact) mass is 592 g/mol.